The Bertz CT molecular complexity index is 568. The third kappa shape index (κ3) is 4.54. The van der Waals surface area contributed by atoms with Crippen molar-refractivity contribution in [1.29, 1.82) is 0 Å². The van der Waals surface area contributed by atoms with Crippen molar-refractivity contribution in [2.75, 3.05) is 5.32 Å². The maximum Gasteiger partial charge on any atom is 0.387 e. The molecule has 0 bridgehead atoms. The molecule has 0 aromatic heterocycles. The number of carbonyl (C=O) groups excluding carboxylic acids is 1. The number of benzene rings is 1. The van der Waals surface area contributed by atoms with Crippen LogP contribution in [0.2, 0.25) is 0 Å². The lowest BCUT2D eigenvalue weighted by atomic mass is 10.00. The summed E-state index contributed by atoms with van der Waals surface area (Å²) >= 11 is 0. The van der Waals surface area contributed by atoms with Crippen LogP contribution in [0.25, 0.3) is 0 Å². The molecule has 0 saturated heterocycles. The van der Waals surface area contributed by atoms with Crippen LogP contribution < -0.4 is 15.4 Å². The zero-order valence-corrected chi connectivity index (χ0v) is 11.8. The largest absolute Gasteiger partial charge is 0.480 e. The number of amides is 2. The van der Waals surface area contributed by atoms with E-state index in [9.17, 15) is 22.8 Å². The molecule has 0 aliphatic heterocycles. The second-order valence-corrected chi connectivity index (χ2v) is 4.59. The Morgan fingerprint density at radius 2 is 2.05 bits per heavy atom. The Labute approximate surface area is 124 Å². The van der Waals surface area contributed by atoms with Crippen molar-refractivity contribution in [3.63, 3.8) is 0 Å². The first-order valence-corrected chi connectivity index (χ1v) is 6.25. The molecule has 9 heteroatoms. The molecule has 0 radical (unpaired) electrons. The van der Waals surface area contributed by atoms with Crippen molar-refractivity contribution in [3.05, 3.63) is 24.0 Å². The van der Waals surface area contributed by atoms with E-state index in [2.05, 4.69) is 15.4 Å². The van der Waals surface area contributed by atoms with Crippen LogP contribution in [0.1, 0.15) is 20.3 Å². The molecule has 0 saturated carbocycles. The van der Waals surface area contributed by atoms with Crippen LogP contribution in [0.3, 0.4) is 0 Å². The van der Waals surface area contributed by atoms with Gasteiger partial charge >= 0.3 is 18.6 Å². The fourth-order valence-corrected chi connectivity index (χ4v) is 1.47. The number of anilines is 1. The van der Waals surface area contributed by atoms with Gasteiger partial charge in [0.2, 0.25) is 0 Å². The molecule has 3 N–H and O–H groups in total. The Morgan fingerprint density at radius 1 is 1.41 bits per heavy atom. The number of rotatable bonds is 6. The number of nitrogens with one attached hydrogen (secondary N) is 2. The topological polar surface area (TPSA) is 87.7 Å². The number of alkyl halides is 2. The minimum Gasteiger partial charge on any atom is -0.480 e. The van der Waals surface area contributed by atoms with E-state index in [4.69, 9.17) is 5.11 Å². The third-order valence-electron chi connectivity index (χ3n) is 2.98. The van der Waals surface area contributed by atoms with Crippen molar-refractivity contribution in [1.82, 2.24) is 5.32 Å². The number of hydrogen-bond acceptors (Lipinski definition) is 3. The Balaban J connectivity index is 2.78. The van der Waals surface area contributed by atoms with Gasteiger partial charge in [0.05, 0.1) is 5.69 Å². The molecule has 2 amide bonds. The van der Waals surface area contributed by atoms with Crippen molar-refractivity contribution in [2.24, 2.45) is 0 Å². The molecule has 22 heavy (non-hydrogen) atoms. The molecule has 122 valence electrons. The van der Waals surface area contributed by atoms with Gasteiger partial charge in [0.1, 0.15) is 17.1 Å². The van der Waals surface area contributed by atoms with Crippen molar-refractivity contribution in [3.8, 4) is 5.75 Å². The molecular weight excluding hydrogens is 305 g/mol. The van der Waals surface area contributed by atoms with Gasteiger partial charge in [-0.2, -0.15) is 8.78 Å². The SMILES string of the molecule is CC[C@@](C)(NC(=O)Nc1ccc(OC(F)F)cc1F)C(=O)O. The number of urea groups is 1. The fourth-order valence-electron chi connectivity index (χ4n) is 1.47. The van der Waals surface area contributed by atoms with Gasteiger partial charge < -0.3 is 20.5 Å². The van der Waals surface area contributed by atoms with E-state index in [1.54, 1.807) is 6.92 Å². The Kier molecular flexibility index (Phi) is 5.61. The normalized spacial score (nSPS) is 13.4. The van der Waals surface area contributed by atoms with E-state index < -0.39 is 35.7 Å². The Morgan fingerprint density at radius 3 is 2.50 bits per heavy atom. The lowest BCUT2D eigenvalue weighted by Gasteiger charge is -2.24. The van der Waals surface area contributed by atoms with Crippen molar-refractivity contribution < 1.29 is 32.6 Å². The lowest BCUT2D eigenvalue weighted by Crippen LogP contribution is -2.53. The summed E-state index contributed by atoms with van der Waals surface area (Å²) in [5.41, 5.74) is -1.82. The standard InChI is InChI=1S/C13H15F3N2O4/c1-3-13(2,10(19)20)18-12(21)17-9-5-4-7(6-8(9)14)22-11(15)16/h4-6,11H,3H2,1-2H3,(H,19,20)(H2,17,18,21)/t13-/m1/s1. The highest BCUT2D eigenvalue weighted by Gasteiger charge is 2.32. The number of carboxylic acids is 1. The van der Waals surface area contributed by atoms with Gasteiger partial charge in [-0.3, -0.25) is 0 Å². The van der Waals surface area contributed by atoms with Crippen LogP contribution in [-0.2, 0) is 4.79 Å². The summed E-state index contributed by atoms with van der Waals surface area (Å²) < 4.78 is 41.6. The first kappa shape index (κ1) is 17.6. The number of ether oxygens (including phenoxy) is 1. The first-order valence-electron chi connectivity index (χ1n) is 6.25. The van der Waals surface area contributed by atoms with E-state index >= 15 is 0 Å². The van der Waals surface area contributed by atoms with Crippen LogP contribution in [0.5, 0.6) is 5.75 Å². The Hall–Kier alpha value is -2.45. The molecule has 0 heterocycles. The van der Waals surface area contributed by atoms with Crippen molar-refractivity contribution >= 4 is 17.7 Å². The molecule has 0 spiro atoms. The highest BCUT2D eigenvalue weighted by Crippen LogP contribution is 2.22. The van der Waals surface area contributed by atoms with Gasteiger partial charge in [0.15, 0.2) is 0 Å². The van der Waals surface area contributed by atoms with E-state index in [-0.39, 0.29) is 12.1 Å². The van der Waals surface area contributed by atoms with Crippen molar-refractivity contribution in [2.45, 2.75) is 32.4 Å². The smallest absolute Gasteiger partial charge is 0.387 e. The predicted molar refractivity (Wildman–Crippen MR) is 71.5 cm³/mol. The molecule has 0 unspecified atom stereocenters. The quantitative estimate of drug-likeness (QED) is 0.752. The summed E-state index contributed by atoms with van der Waals surface area (Å²) in [6.07, 6.45) is 0.111. The molecule has 1 aromatic rings. The maximum atomic E-state index is 13.7. The summed E-state index contributed by atoms with van der Waals surface area (Å²) in [5, 5.41) is 13.3. The monoisotopic (exact) mass is 320 g/mol. The fraction of sp³-hybridized carbons (Fsp3) is 0.385. The van der Waals surface area contributed by atoms with E-state index in [1.165, 1.54) is 6.92 Å². The lowest BCUT2D eigenvalue weighted by molar-refractivity contribution is -0.143. The average molecular weight is 320 g/mol. The van der Waals surface area contributed by atoms with Gasteiger partial charge in [-0.25, -0.2) is 14.0 Å². The number of carbonyl (C=O) groups is 2. The van der Waals surface area contributed by atoms with Gasteiger partial charge in [-0.15, -0.1) is 0 Å². The summed E-state index contributed by atoms with van der Waals surface area (Å²) in [6, 6.07) is 1.81. The molecule has 1 rings (SSSR count). The summed E-state index contributed by atoms with van der Waals surface area (Å²) in [6.45, 7) is -0.238. The van der Waals surface area contributed by atoms with Crippen LogP contribution in [0, 0.1) is 5.82 Å². The molecule has 1 atom stereocenters. The van der Waals surface area contributed by atoms with E-state index in [1.807, 2.05) is 0 Å². The van der Waals surface area contributed by atoms with Gasteiger partial charge in [0, 0.05) is 6.07 Å². The van der Waals surface area contributed by atoms with E-state index in [0.29, 0.717) is 6.07 Å². The third-order valence-corrected chi connectivity index (χ3v) is 2.98. The molecule has 0 fully saturated rings. The van der Waals surface area contributed by atoms with Gasteiger partial charge in [0.25, 0.3) is 0 Å². The molecular formula is C13H15F3N2O4. The average Bonchev–Trinajstić information content (AvgIpc) is 2.40. The molecule has 0 aliphatic carbocycles. The predicted octanol–water partition coefficient (Wildman–Crippen LogP) is 2.80. The van der Waals surface area contributed by atoms with Gasteiger partial charge in [-0.05, 0) is 25.5 Å². The summed E-state index contributed by atoms with van der Waals surface area (Å²) in [5.74, 6) is -2.64. The zero-order chi connectivity index (χ0) is 16.9. The number of hydrogen-bond donors (Lipinski definition) is 3. The summed E-state index contributed by atoms with van der Waals surface area (Å²) in [4.78, 5) is 22.8. The molecule has 0 aliphatic rings. The van der Waals surface area contributed by atoms with Gasteiger partial charge in [-0.1, -0.05) is 6.92 Å². The minimum atomic E-state index is -3.10. The van der Waals surface area contributed by atoms with Crippen LogP contribution >= 0.6 is 0 Å². The molecule has 1 aromatic carbocycles. The number of aliphatic carboxylic acids is 1. The number of carboxylic acid groups (broad SMARTS) is 1. The maximum absolute atomic E-state index is 13.7. The highest BCUT2D eigenvalue weighted by atomic mass is 19.3. The van der Waals surface area contributed by atoms with Crippen LogP contribution in [0.15, 0.2) is 18.2 Å². The zero-order valence-electron chi connectivity index (χ0n) is 11.8. The van der Waals surface area contributed by atoms with E-state index in [0.717, 1.165) is 12.1 Å². The van der Waals surface area contributed by atoms with Crippen LogP contribution in [0.4, 0.5) is 23.7 Å². The second-order valence-electron chi connectivity index (χ2n) is 4.59. The number of halogens is 3. The first-order chi connectivity index (χ1) is 10.2. The van der Waals surface area contributed by atoms with Crippen LogP contribution in [-0.4, -0.2) is 29.3 Å². The second kappa shape index (κ2) is 7.01. The molecule has 6 nitrogen and oxygen atoms in total. The summed E-state index contributed by atoms with van der Waals surface area (Å²) in [7, 11) is 0. The highest BCUT2D eigenvalue weighted by molar-refractivity contribution is 5.93. The minimum absolute atomic E-state index is 0.111.